The molecule has 4 rings (SSSR count). The fraction of sp³-hybridized carbons (Fsp3) is 0.412. The average molecular weight is 366 g/mol. The van der Waals surface area contributed by atoms with Gasteiger partial charge in [0.1, 0.15) is 11.6 Å². The summed E-state index contributed by atoms with van der Waals surface area (Å²) in [6, 6.07) is 3.22. The van der Waals surface area contributed by atoms with Crippen LogP contribution in [0.2, 0.25) is 10.0 Å². The van der Waals surface area contributed by atoms with Crippen molar-refractivity contribution in [1.29, 1.82) is 0 Å². The lowest BCUT2D eigenvalue weighted by Crippen LogP contribution is -2.35. The van der Waals surface area contributed by atoms with E-state index in [2.05, 4.69) is 14.9 Å². The third-order valence-corrected chi connectivity index (χ3v) is 5.14. The van der Waals surface area contributed by atoms with Crippen LogP contribution in [0.25, 0.3) is 0 Å². The second-order valence-electron chi connectivity index (χ2n) is 6.51. The molecule has 1 saturated carbocycles. The Morgan fingerprint density at radius 3 is 2.88 bits per heavy atom. The maximum Gasteiger partial charge on any atom is 0.255 e. The van der Waals surface area contributed by atoms with Gasteiger partial charge < -0.3 is 10.1 Å². The van der Waals surface area contributed by atoms with Crippen molar-refractivity contribution in [3.05, 3.63) is 55.2 Å². The quantitative estimate of drug-likeness (QED) is 0.875. The maximum absolute atomic E-state index is 12.4. The number of benzene rings is 1. The lowest BCUT2D eigenvalue weighted by atomic mass is 10.1. The molecule has 0 saturated heterocycles. The number of aromatic hydroxyl groups is 1. The van der Waals surface area contributed by atoms with Crippen LogP contribution >= 0.6 is 23.2 Å². The fourth-order valence-corrected chi connectivity index (χ4v) is 3.70. The first-order valence-corrected chi connectivity index (χ1v) is 8.78. The molecule has 0 spiro atoms. The molecular formula is C17H17Cl2N3O2. The van der Waals surface area contributed by atoms with Gasteiger partial charge in [-0.2, -0.15) is 0 Å². The van der Waals surface area contributed by atoms with Crippen molar-refractivity contribution in [3.8, 4) is 5.75 Å². The summed E-state index contributed by atoms with van der Waals surface area (Å²) in [5.41, 5.74) is 2.25. The van der Waals surface area contributed by atoms with E-state index in [4.69, 9.17) is 23.2 Å². The molecule has 0 radical (unpaired) electrons. The van der Waals surface area contributed by atoms with Crippen molar-refractivity contribution in [3.63, 3.8) is 0 Å². The predicted molar refractivity (Wildman–Crippen MR) is 92.8 cm³/mol. The normalized spacial score (nSPS) is 17.8. The second kappa shape index (κ2) is 6.06. The Labute approximate surface area is 149 Å². The van der Waals surface area contributed by atoms with Crippen molar-refractivity contribution in [2.45, 2.75) is 38.3 Å². The van der Waals surface area contributed by atoms with E-state index in [1.54, 1.807) is 6.07 Å². The molecule has 0 amide bonds. The lowest BCUT2D eigenvalue weighted by Gasteiger charge is -2.28. The number of phenols is 1. The molecule has 7 heteroatoms. The lowest BCUT2D eigenvalue weighted by molar-refractivity contribution is 0.238. The van der Waals surface area contributed by atoms with Gasteiger partial charge in [-0.25, -0.2) is 4.98 Å². The molecule has 1 aromatic carbocycles. The monoisotopic (exact) mass is 365 g/mol. The van der Waals surface area contributed by atoms with E-state index in [-0.39, 0.29) is 16.3 Å². The number of hydrogen-bond donors (Lipinski definition) is 2. The van der Waals surface area contributed by atoms with E-state index < -0.39 is 0 Å². The minimum absolute atomic E-state index is 0.0417. The maximum atomic E-state index is 12.4. The Kier molecular flexibility index (Phi) is 4.03. The number of rotatable bonds is 3. The molecule has 0 atom stereocenters. The molecule has 0 unspecified atom stereocenters. The van der Waals surface area contributed by atoms with E-state index in [9.17, 15) is 9.90 Å². The van der Waals surface area contributed by atoms with Crippen LogP contribution in [0, 0.1) is 0 Å². The largest absolute Gasteiger partial charge is 0.506 e. The molecule has 2 N–H and O–H groups in total. The van der Waals surface area contributed by atoms with Crippen molar-refractivity contribution in [2.24, 2.45) is 0 Å². The minimum atomic E-state index is -0.0417. The number of aromatic amines is 1. The van der Waals surface area contributed by atoms with Crippen LogP contribution in [0.4, 0.5) is 0 Å². The molecule has 1 aromatic heterocycles. The van der Waals surface area contributed by atoms with Gasteiger partial charge in [-0.1, -0.05) is 23.2 Å². The zero-order chi connectivity index (χ0) is 16.8. The summed E-state index contributed by atoms with van der Waals surface area (Å²) in [4.78, 5) is 22.0. The van der Waals surface area contributed by atoms with Gasteiger partial charge in [0.25, 0.3) is 5.56 Å². The second-order valence-corrected chi connectivity index (χ2v) is 7.35. The van der Waals surface area contributed by atoms with Crippen LogP contribution in [-0.4, -0.2) is 26.5 Å². The molecule has 2 aliphatic rings. The van der Waals surface area contributed by atoms with E-state index in [1.165, 1.54) is 6.07 Å². The third kappa shape index (κ3) is 3.04. The van der Waals surface area contributed by atoms with Gasteiger partial charge in [-0.05, 0) is 25.0 Å². The summed E-state index contributed by atoms with van der Waals surface area (Å²) in [7, 11) is 0. The Bertz CT molecular complexity index is 862. The van der Waals surface area contributed by atoms with Crippen molar-refractivity contribution in [1.82, 2.24) is 14.9 Å². The summed E-state index contributed by atoms with van der Waals surface area (Å²) >= 11 is 12.0. The molecular weight excluding hydrogens is 349 g/mol. The number of nitrogens with zero attached hydrogens (tertiary/aromatic N) is 2. The zero-order valence-electron chi connectivity index (χ0n) is 13.0. The van der Waals surface area contributed by atoms with Crippen LogP contribution in [0.1, 0.15) is 41.4 Å². The Balaban J connectivity index is 1.58. The van der Waals surface area contributed by atoms with Gasteiger partial charge in [0.05, 0.1) is 16.3 Å². The van der Waals surface area contributed by atoms with E-state index in [0.29, 0.717) is 29.6 Å². The zero-order valence-corrected chi connectivity index (χ0v) is 14.5. The van der Waals surface area contributed by atoms with Crippen LogP contribution in [-0.2, 0) is 19.5 Å². The highest BCUT2D eigenvalue weighted by Crippen LogP contribution is 2.38. The number of hydrogen-bond acceptors (Lipinski definition) is 4. The molecule has 24 heavy (non-hydrogen) atoms. The fourth-order valence-electron chi connectivity index (χ4n) is 3.17. The van der Waals surface area contributed by atoms with Gasteiger partial charge in [0.15, 0.2) is 0 Å². The average Bonchev–Trinajstić information content (AvgIpc) is 3.37. The van der Waals surface area contributed by atoms with Gasteiger partial charge in [0.2, 0.25) is 0 Å². The first-order valence-electron chi connectivity index (χ1n) is 8.02. The Morgan fingerprint density at radius 1 is 1.33 bits per heavy atom. The number of aromatic nitrogens is 2. The minimum Gasteiger partial charge on any atom is -0.506 e. The summed E-state index contributed by atoms with van der Waals surface area (Å²) in [6.45, 7) is 1.76. The summed E-state index contributed by atoms with van der Waals surface area (Å²) < 4.78 is 0. The highest BCUT2D eigenvalue weighted by molar-refractivity contribution is 6.35. The molecule has 5 nitrogen and oxygen atoms in total. The van der Waals surface area contributed by atoms with Crippen LogP contribution in [0.3, 0.4) is 0 Å². The van der Waals surface area contributed by atoms with Crippen LogP contribution < -0.4 is 5.56 Å². The topological polar surface area (TPSA) is 69.2 Å². The number of H-pyrrole nitrogens is 1. The highest BCUT2D eigenvalue weighted by Gasteiger charge is 2.29. The van der Waals surface area contributed by atoms with Gasteiger partial charge in [-0.3, -0.25) is 9.69 Å². The first kappa shape index (κ1) is 15.9. The molecule has 1 aliphatic carbocycles. The van der Waals surface area contributed by atoms with Gasteiger partial charge in [-0.15, -0.1) is 0 Å². The van der Waals surface area contributed by atoms with Gasteiger partial charge >= 0.3 is 0 Å². The molecule has 0 bridgehead atoms. The summed E-state index contributed by atoms with van der Waals surface area (Å²) in [5, 5.41) is 10.8. The number of nitrogens with one attached hydrogen (secondary N) is 1. The standard InChI is InChI=1S/C17H17Cl2N3O2/c18-11-5-10(15(23)13(19)6-11)7-22-4-3-14-12(8-22)17(24)21-16(20-14)9-1-2-9/h5-6,9,23H,1-4,7-8H2,(H,20,21,24). The van der Waals surface area contributed by atoms with Crippen molar-refractivity contribution in [2.75, 3.05) is 6.54 Å². The summed E-state index contributed by atoms with van der Waals surface area (Å²) in [5.74, 6) is 1.32. The SMILES string of the molecule is O=c1[nH]c(C2CC2)nc2c1CN(Cc1cc(Cl)cc(Cl)c1O)CC2. The predicted octanol–water partition coefficient (Wildman–Crippen LogP) is 3.22. The van der Waals surface area contributed by atoms with Crippen molar-refractivity contribution >= 4 is 23.2 Å². The molecule has 1 aliphatic heterocycles. The number of fused-ring (bicyclic) bond motifs is 1. The molecule has 1 fully saturated rings. The van der Waals surface area contributed by atoms with E-state index in [0.717, 1.165) is 42.9 Å². The smallest absolute Gasteiger partial charge is 0.255 e. The van der Waals surface area contributed by atoms with Gasteiger partial charge in [0, 0.05) is 42.6 Å². The Morgan fingerprint density at radius 2 is 2.12 bits per heavy atom. The van der Waals surface area contributed by atoms with Crippen LogP contribution in [0.15, 0.2) is 16.9 Å². The van der Waals surface area contributed by atoms with Crippen molar-refractivity contribution < 1.29 is 5.11 Å². The number of phenolic OH excluding ortho intramolecular Hbond substituents is 1. The van der Waals surface area contributed by atoms with E-state index in [1.807, 2.05) is 0 Å². The Hall–Kier alpha value is -1.56. The highest BCUT2D eigenvalue weighted by atomic mass is 35.5. The van der Waals surface area contributed by atoms with E-state index >= 15 is 0 Å². The van der Waals surface area contributed by atoms with Crippen LogP contribution in [0.5, 0.6) is 5.75 Å². The number of halogens is 2. The first-order chi connectivity index (χ1) is 11.5. The molecule has 126 valence electrons. The summed E-state index contributed by atoms with van der Waals surface area (Å²) in [6.07, 6.45) is 2.96. The third-order valence-electron chi connectivity index (χ3n) is 4.63. The molecule has 2 heterocycles. The molecule has 2 aromatic rings.